The van der Waals surface area contributed by atoms with Gasteiger partial charge in [0.2, 0.25) is 0 Å². The molecular weight excluding hydrogens is 517 g/mol. The van der Waals surface area contributed by atoms with E-state index in [1.807, 2.05) is 62.8 Å². The molecule has 0 bridgehead atoms. The van der Waals surface area contributed by atoms with Crippen LogP contribution in [-0.4, -0.2) is 32.0 Å². The minimum absolute atomic E-state index is 0.913. The Labute approximate surface area is 226 Å². The summed E-state index contributed by atoms with van der Waals surface area (Å²) in [6.45, 7) is 8.56. The molecule has 0 aliphatic rings. The molecule has 0 aliphatic heterocycles. The molecule has 0 radical (unpaired) electrons. The number of allylic oxidation sites excluding steroid dienone is 1. The molecule has 0 aliphatic carbocycles. The van der Waals surface area contributed by atoms with E-state index in [0.717, 1.165) is 68.7 Å². The second kappa shape index (κ2) is 9.41. The Morgan fingerprint density at radius 1 is 0.703 bits per heavy atom. The normalized spacial score (nSPS) is 11.8. The van der Waals surface area contributed by atoms with Gasteiger partial charge >= 0.3 is 0 Å². The average Bonchev–Trinajstić information content (AvgIpc) is 3.60. The summed E-state index contributed by atoms with van der Waals surface area (Å²) in [6, 6.07) is 7.91. The number of hydrogen-bond donors (Lipinski definition) is 1. The van der Waals surface area contributed by atoms with Gasteiger partial charge in [-0.15, -0.1) is 0 Å². The molecule has 184 valence electrons. The first-order chi connectivity index (χ1) is 18.0. The number of nitrogens with one attached hydrogen (secondary N) is 1. The maximum atomic E-state index is 5.06. The molecule has 0 unspecified atom stereocenters. The fourth-order valence-corrected chi connectivity index (χ4v) is 8.02. The topological polar surface area (TPSA) is 76.5 Å². The molecule has 5 heterocycles. The van der Waals surface area contributed by atoms with E-state index in [2.05, 4.69) is 36.1 Å². The maximum absolute atomic E-state index is 5.06. The van der Waals surface area contributed by atoms with Crippen molar-refractivity contribution in [1.82, 2.24) is 24.9 Å². The second-order valence-corrected chi connectivity index (χ2v) is 11.6. The van der Waals surface area contributed by atoms with E-state index >= 15 is 0 Å². The smallest absolute Gasteiger partial charge is 0.143 e. The lowest BCUT2D eigenvalue weighted by Gasteiger charge is -2.19. The van der Waals surface area contributed by atoms with Gasteiger partial charge < -0.3 is 5.32 Å². The molecule has 6 rings (SSSR count). The molecule has 5 aromatic heterocycles. The summed E-state index contributed by atoms with van der Waals surface area (Å²) in [5, 5.41) is 7.27. The quantitative estimate of drug-likeness (QED) is 0.238. The minimum Gasteiger partial charge on any atom is -0.378 e. The summed E-state index contributed by atoms with van der Waals surface area (Å²) in [4.78, 5) is 26.0. The standard InChI is InChI=1S/C28H24N6S3/c1-6-9-17-23(29-5)35-26(32-17)20-14(2)21(27-33-18-10-7-12-30-24(18)36-27)16(4)22(15(20)3)28-34-19-11-8-13-31-25(19)37-28/h6-13,29H,1-5H3/b9-6-. The zero-order valence-corrected chi connectivity index (χ0v) is 23.5. The molecule has 6 nitrogen and oxygen atoms in total. The highest BCUT2D eigenvalue weighted by Crippen LogP contribution is 2.47. The predicted octanol–water partition coefficient (Wildman–Crippen LogP) is 8.15. The van der Waals surface area contributed by atoms with Gasteiger partial charge in [0.1, 0.15) is 40.7 Å². The van der Waals surface area contributed by atoms with Gasteiger partial charge in [0.05, 0.1) is 5.69 Å². The van der Waals surface area contributed by atoms with Gasteiger partial charge in [-0.1, -0.05) is 40.1 Å². The van der Waals surface area contributed by atoms with Gasteiger partial charge in [-0.25, -0.2) is 24.9 Å². The SMILES string of the molecule is C/C=C\c1nc(-c2c(C)c(-c3nc4cccnc4s3)c(C)c(-c3nc4cccnc4s3)c2C)sc1NC. The Balaban J connectivity index is 1.69. The zero-order valence-electron chi connectivity index (χ0n) is 21.1. The van der Waals surface area contributed by atoms with Crippen molar-refractivity contribution in [2.75, 3.05) is 12.4 Å². The average molecular weight is 541 g/mol. The molecule has 0 spiro atoms. The molecule has 0 atom stereocenters. The third-order valence-electron chi connectivity index (χ3n) is 6.43. The number of rotatable bonds is 5. The van der Waals surface area contributed by atoms with E-state index in [-0.39, 0.29) is 0 Å². The monoisotopic (exact) mass is 540 g/mol. The summed E-state index contributed by atoms with van der Waals surface area (Å²) < 4.78 is 0. The number of hydrogen-bond acceptors (Lipinski definition) is 9. The van der Waals surface area contributed by atoms with E-state index in [0.29, 0.717) is 0 Å². The molecule has 1 N–H and O–H groups in total. The summed E-state index contributed by atoms with van der Waals surface area (Å²) >= 11 is 4.92. The lowest BCUT2D eigenvalue weighted by Crippen LogP contribution is -2.00. The van der Waals surface area contributed by atoms with Gasteiger partial charge in [0, 0.05) is 36.1 Å². The van der Waals surface area contributed by atoms with E-state index in [9.17, 15) is 0 Å². The zero-order chi connectivity index (χ0) is 25.7. The Hall–Kier alpha value is -3.53. The van der Waals surface area contributed by atoms with Crippen LogP contribution >= 0.6 is 34.0 Å². The molecular formula is C28H24N6S3. The molecule has 0 saturated heterocycles. The maximum Gasteiger partial charge on any atom is 0.143 e. The van der Waals surface area contributed by atoms with Crippen LogP contribution in [-0.2, 0) is 0 Å². The summed E-state index contributed by atoms with van der Waals surface area (Å²) in [5.74, 6) is 0. The summed E-state index contributed by atoms with van der Waals surface area (Å²) in [6.07, 6.45) is 7.71. The molecule has 6 aromatic rings. The lowest BCUT2D eigenvalue weighted by atomic mass is 9.88. The first kappa shape index (κ1) is 23.8. The lowest BCUT2D eigenvalue weighted by molar-refractivity contribution is 1.27. The second-order valence-electron chi connectivity index (χ2n) is 8.68. The highest BCUT2D eigenvalue weighted by molar-refractivity contribution is 7.22. The molecule has 1 aromatic carbocycles. The molecule has 37 heavy (non-hydrogen) atoms. The highest BCUT2D eigenvalue weighted by atomic mass is 32.1. The van der Waals surface area contributed by atoms with Crippen molar-refractivity contribution in [1.29, 1.82) is 0 Å². The van der Waals surface area contributed by atoms with Gasteiger partial charge in [0.25, 0.3) is 0 Å². The van der Waals surface area contributed by atoms with Crippen molar-refractivity contribution in [2.45, 2.75) is 27.7 Å². The van der Waals surface area contributed by atoms with Crippen molar-refractivity contribution in [3.63, 3.8) is 0 Å². The summed E-state index contributed by atoms with van der Waals surface area (Å²) in [5.41, 5.74) is 9.65. The van der Waals surface area contributed by atoms with Crippen LogP contribution in [0.5, 0.6) is 0 Å². The number of aromatic nitrogens is 5. The predicted molar refractivity (Wildman–Crippen MR) is 159 cm³/mol. The van der Waals surface area contributed by atoms with Crippen LogP contribution in [0.25, 0.3) is 58.5 Å². The molecule has 0 saturated carbocycles. The van der Waals surface area contributed by atoms with Crippen LogP contribution in [0.3, 0.4) is 0 Å². The van der Waals surface area contributed by atoms with Crippen LogP contribution in [0.15, 0.2) is 42.7 Å². The third-order valence-corrected chi connectivity index (χ3v) is 9.53. The van der Waals surface area contributed by atoms with Crippen molar-refractivity contribution in [3.05, 3.63) is 65.1 Å². The molecule has 0 amide bonds. The van der Waals surface area contributed by atoms with Crippen LogP contribution in [0.4, 0.5) is 5.00 Å². The first-order valence-corrected chi connectivity index (χ1v) is 14.3. The van der Waals surface area contributed by atoms with E-state index in [1.165, 1.54) is 11.1 Å². The molecule has 0 fully saturated rings. The summed E-state index contributed by atoms with van der Waals surface area (Å²) in [7, 11) is 1.94. The van der Waals surface area contributed by atoms with E-state index < -0.39 is 0 Å². The van der Waals surface area contributed by atoms with Crippen molar-refractivity contribution >= 4 is 65.8 Å². The highest BCUT2D eigenvalue weighted by Gasteiger charge is 2.26. The van der Waals surface area contributed by atoms with Crippen LogP contribution in [0.1, 0.15) is 29.3 Å². The minimum atomic E-state index is 0.913. The number of nitrogens with zero attached hydrogens (tertiary/aromatic N) is 5. The number of anilines is 1. The Kier molecular flexibility index (Phi) is 6.06. The Morgan fingerprint density at radius 3 is 1.62 bits per heavy atom. The van der Waals surface area contributed by atoms with Crippen LogP contribution in [0, 0.1) is 20.8 Å². The van der Waals surface area contributed by atoms with Gasteiger partial charge in [-0.3, -0.25) is 0 Å². The largest absolute Gasteiger partial charge is 0.378 e. The Morgan fingerprint density at radius 2 is 1.19 bits per heavy atom. The van der Waals surface area contributed by atoms with Crippen LogP contribution < -0.4 is 5.32 Å². The number of pyridine rings is 2. The fourth-order valence-electron chi connectivity index (χ4n) is 4.82. The third kappa shape index (κ3) is 3.94. The number of fused-ring (bicyclic) bond motifs is 2. The fraction of sp³-hybridized carbons (Fsp3) is 0.179. The Bertz CT molecular complexity index is 1660. The van der Waals surface area contributed by atoms with Gasteiger partial charge in [-0.05, 0) is 74.7 Å². The van der Waals surface area contributed by atoms with Crippen molar-refractivity contribution < 1.29 is 0 Å². The van der Waals surface area contributed by atoms with E-state index in [4.69, 9.17) is 15.0 Å². The van der Waals surface area contributed by atoms with Crippen molar-refractivity contribution in [2.24, 2.45) is 0 Å². The first-order valence-electron chi connectivity index (χ1n) is 11.9. The van der Waals surface area contributed by atoms with Gasteiger partial charge in [-0.2, -0.15) is 0 Å². The van der Waals surface area contributed by atoms with E-state index in [1.54, 1.807) is 34.0 Å². The van der Waals surface area contributed by atoms with Crippen LogP contribution in [0.2, 0.25) is 0 Å². The van der Waals surface area contributed by atoms with Crippen molar-refractivity contribution in [3.8, 4) is 31.7 Å². The molecule has 9 heteroatoms. The number of thiazole rings is 3. The van der Waals surface area contributed by atoms with Gasteiger partial charge in [0.15, 0.2) is 0 Å². The number of benzene rings is 1.